The van der Waals surface area contributed by atoms with Gasteiger partial charge in [-0.3, -0.25) is 0 Å². The van der Waals surface area contributed by atoms with Gasteiger partial charge in [-0.15, -0.1) is 0 Å². The molecule has 0 atom stereocenters. The fourth-order valence-electron chi connectivity index (χ4n) is 1.46. The van der Waals surface area contributed by atoms with Gasteiger partial charge in [0.05, 0.1) is 14.2 Å². The first kappa shape index (κ1) is 10.9. The first-order chi connectivity index (χ1) is 6.72. The molecule has 1 aromatic carbocycles. The minimum absolute atomic E-state index is 0.614. The number of methoxy groups -OCH3 is 2. The third-order valence-corrected chi connectivity index (χ3v) is 2.21. The van der Waals surface area contributed by atoms with Gasteiger partial charge in [0.15, 0.2) is 0 Å². The lowest BCUT2D eigenvalue weighted by Gasteiger charge is -2.12. The monoisotopic (exact) mass is 195 g/mol. The Morgan fingerprint density at radius 3 is 2.29 bits per heavy atom. The fourth-order valence-corrected chi connectivity index (χ4v) is 1.46. The molecule has 0 spiro atoms. The number of hydrogen-bond acceptors (Lipinski definition) is 3. The Balaban J connectivity index is 3.11. The fraction of sp³-hybridized carbons (Fsp3) is 0.455. The zero-order valence-electron chi connectivity index (χ0n) is 8.96. The van der Waals surface area contributed by atoms with Crippen LogP contribution in [-0.4, -0.2) is 20.8 Å². The summed E-state index contributed by atoms with van der Waals surface area (Å²) in [6, 6.07) is 3.96. The predicted molar refractivity (Wildman–Crippen MR) is 57.0 cm³/mol. The van der Waals surface area contributed by atoms with Crippen molar-refractivity contribution >= 4 is 0 Å². The molecule has 1 rings (SSSR count). The molecule has 0 aliphatic carbocycles. The zero-order valence-corrected chi connectivity index (χ0v) is 8.96. The normalized spacial score (nSPS) is 10.0. The molecule has 0 aliphatic rings. The number of benzene rings is 1. The highest BCUT2D eigenvalue weighted by Gasteiger charge is 2.07. The van der Waals surface area contributed by atoms with Gasteiger partial charge in [-0.2, -0.15) is 0 Å². The summed E-state index contributed by atoms with van der Waals surface area (Å²) < 4.78 is 10.5. The van der Waals surface area contributed by atoms with Crippen LogP contribution >= 0.6 is 0 Å². The molecule has 2 N–H and O–H groups in total. The first-order valence-electron chi connectivity index (χ1n) is 4.64. The largest absolute Gasteiger partial charge is 0.496 e. The number of rotatable bonds is 4. The number of nitrogens with two attached hydrogens (primary N) is 1. The van der Waals surface area contributed by atoms with E-state index in [0.717, 1.165) is 29.0 Å². The summed E-state index contributed by atoms with van der Waals surface area (Å²) in [7, 11) is 3.34. The lowest BCUT2D eigenvalue weighted by atomic mass is 10.1. The SMILES string of the molecule is COc1cc(CCN)c(OC)cc1C. The van der Waals surface area contributed by atoms with Crippen molar-refractivity contribution in [2.75, 3.05) is 20.8 Å². The molecule has 0 heterocycles. The van der Waals surface area contributed by atoms with Gasteiger partial charge < -0.3 is 15.2 Å². The van der Waals surface area contributed by atoms with E-state index in [1.54, 1.807) is 14.2 Å². The average Bonchev–Trinajstić information content (AvgIpc) is 2.20. The Hall–Kier alpha value is -1.22. The van der Waals surface area contributed by atoms with Crippen LogP contribution in [0.3, 0.4) is 0 Å². The highest BCUT2D eigenvalue weighted by molar-refractivity contribution is 5.46. The molecule has 1 aromatic rings. The van der Waals surface area contributed by atoms with E-state index in [4.69, 9.17) is 15.2 Å². The van der Waals surface area contributed by atoms with Crippen LogP contribution in [0.25, 0.3) is 0 Å². The van der Waals surface area contributed by atoms with Crippen molar-refractivity contribution in [1.82, 2.24) is 0 Å². The minimum atomic E-state index is 0.614. The minimum Gasteiger partial charge on any atom is -0.496 e. The van der Waals surface area contributed by atoms with Crippen LogP contribution < -0.4 is 15.2 Å². The Labute approximate surface area is 84.8 Å². The van der Waals surface area contributed by atoms with E-state index in [9.17, 15) is 0 Å². The van der Waals surface area contributed by atoms with E-state index in [1.807, 2.05) is 19.1 Å². The smallest absolute Gasteiger partial charge is 0.122 e. The highest BCUT2D eigenvalue weighted by atomic mass is 16.5. The summed E-state index contributed by atoms with van der Waals surface area (Å²) in [5.41, 5.74) is 7.69. The molecular formula is C11H17NO2. The number of hydrogen-bond donors (Lipinski definition) is 1. The van der Waals surface area contributed by atoms with Crippen molar-refractivity contribution in [3.05, 3.63) is 23.3 Å². The molecule has 0 saturated heterocycles. The topological polar surface area (TPSA) is 44.5 Å². The molecule has 0 fully saturated rings. The van der Waals surface area contributed by atoms with Crippen LogP contribution in [0, 0.1) is 6.92 Å². The Morgan fingerprint density at radius 1 is 1.14 bits per heavy atom. The maximum atomic E-state index is 5.52. The lowest BCUT2D eigenvalue weighted by molar-refractivity contribution is 0.396. The van der Waals surface area contributed by atoms with E-state index in [0.29, 0.717) is 6.54 Å². The second-order valence-electron chi connectivity index (χ2n) is 3.17. The molecule has 0 radical (unpaired) electrons. The molecule has 0 aliphatic heterocycles. The standard InChI is InChI=1S/C11H17NO2/c1-8-6-11(14-3)9(4-5-12)7-10(8)13-2/h6-7H,4-5,12H2,1-3H3. The van der Waals surface area contributed by atoms with Crippen molar-refractivity contribution in [2.24, 2.45) is 5.73 Å². The van der Waals surface area contributed by atoms with E-state index in [-0.39, 0.29) is 0 Å². The molecule has 0 bridgehead atoms. The molecule has 3 nitrogen and oxygen atoms in total. The van der Waals surface area contributed by atoms with E-state index in [2.05, 4.69) is 0 Å². The van der Waals surface area contributed by atoms with Gasteiger partial charge >= 0.3 is 0 Å². The summed E-state index contributed by atoms with van der Waals surface area (Å²) in [6.45, 7) is 2.61. The number of ether oxygens (including phenoxy) is 2. The molecule has 0 unspecified atom stereocenters. The van der Waals surface area contributed by atoms with E-state index >= 15 is 0 Å². The average molecular weight is 195 g/mol. The third kappa shape index (κ3) is 2.17. The van der Waals surface area contributed by atoms with Gasteiger partial charge in [0.25, 0.3) is 0 Å². The Kier molecular flexibility index (Phi) is 3.77. The van der Waals surface area contributed by atoms with Crippen molar-refractivity contribution in [1.29, 1.82) is 0 Å². The van der Waals surface area contributed by atoms with Crippen molar-refractivity contribution in [2.45, 2.75) is 13.3 Å². The van der Waals surface area contributed by atoms with Crippen molar-refractivity contribution in [3.8, 4) is 11.5 Å². The first-order valence-corrected chi connectivity index (χ1v) is 4.64. The summed E-state index contributed by atoms with van der Waals surface area (Å²) >= 11 is 0. The Bertz CT molecular complexity index is 310. The molecule has 0 aromatic heterocycles. The molecule has 0 saturated carbocycles. The summed E-state index contributed by atoms with van der Waals surface area (Å²) in [4.78, 5) is 0. The van der Waals surface area contributed by atoms with E-state index in [1.165, 1.54) is 0 Å². The second-order valence-corrected chi connectivity index (χ2v) is 3.17. The van der Waals surface area contributed by atoms with Gasteiger partial charge in [-0.1, -0.05) is 0 Å². The van der Waals surface area contributed by atoms with Gasteiger partial charge in [0.2, 0.25) is 0 Å². The second kappa shape index (κ2) is 4.86. The van der Waals surface area contributed by atoms with Crippen LogP contribution in [0.4, 0.5) is 0 Å². The summed E-state index contributed by atoms with van der Waals surface area (Å²) in [5.74, 6) is 1.77. The summed E-state index contributed by atoms with van der Waals surface area (Å²) in [5, 5.41) is 0. The Morgan fingerprint density at radius 2 is 1.79 bits per heavy atom. The maximum absolute atomic E-state index is 5.52. The third-order valence-electron chi connectivity index (χ3n) is 2.21. The van der Waals surface area contributed by atoms with Crippen molar-refractivity contribution in [3.63, 3.8) is 0 Å². The summed E-state index contributed by atoms with van der Waals surface area (Å²) in [6.07, 6.45) is 0.805. The van der Waals surface area contributed by atoms with Gasteiger partial charge in [-0.05, 0) is 43.1 Å². The van der Waals surface area contributed by atoms with Crippen LogP contribution in [0.15, 0.2) is 12.1 Å². The van der Waals surface area contributed by atoms with Gasteiger partial charge in [0.1, 0.15) is 11.5 Å². The predicted octanol–water partition coefficient (Wildman–Crippen LogP) is 1.51. The molecule has 0 amide bonds. The van der Waals surface area contributed by atoms with E-state index < -0.39 is 0 Å². The molecule has 3 heteroatoms. The number of aryl methyl sites for hydroxylation is 1. The highest BCUT2D eigenvalue weighted by Crippen LogP contribution is 2.28. The van der Waals surface area contributed by atoms with Crippen LogP contribution in [0.5, 0.6) is 11.5 Å². The quantitative estimate of drug-likeness (QED) is 0.792. The van der Waals surface area contributed by atoms with Crippen LogP contribution in [0.1, 0.15) is 11.1 Å². The molecule has 78 valence electrons. The maximum Gasteiger partial charge on any atom is 0.122 e. The zero-order chi connectivity index (χ0) is 10.6. The lowest BCUT2D eigenvalue weighted by Crippen LogP contribution is -2.05. The van der Waals surface area contributed by atoms with Crippen molar-refractivity contribution < 1.29 is 9.47 Å². The van der Waals surface area contributed by atoms with Gasteiger partial charge in [0, 0.05) is 0 Å². The van der Waals surface area contributed by atoms with Crippen LogP contribution in [0.2, 0.25) is 0 Å². The van der Waals surface area contributed by atoms with Gasteiger partial charge in [-0.25, -0.2) is 0 Å². The van der Waals surface area contributed by atoms with Crippen LogP contribution in [-0.2, 0) is 6.42 Å². The molecule has 14 heavy (non-hydrogen) atoms. The molecular weight excluding hydrogens is 178 g/mol.